The summed E-state index contributed by atoms with van der Waals surface area (Å²) in [4.78, 5) is 2.74. The van der Waals surface area contributed by atoms with Crippen molar-refractivity contribution in [2.75, 3.05) is 26.2 Å². The highest BCUT2D eigenvalue weighted by Gasteiger charge is 2.40. The lowest BCUT2D eigenvalue weighted by atomic mass is 9.77. The second-order valence-electron chi connectivity index (χ2n) is 5.66. The molecule has 0 bridgehead atoms. The first kappa shape index (κ1) is 11.4. The van der Waals surface area contributed by atoms with Gasteiger partial charge in [-0.3, -0.25) is 4.90 Å². The molecule has 88 valence electrons. The summed E-state index contributed by atoms with van der Waals surface area (Å²) in [5.41, 5.74) is 0.583. The van der Waals surface area contributed by atoms with Gasteiger partial charge in [-0.1, -0.05) is 6.92 Å². The van der Waals surface area contributed by atoms with Gasteiger partial charge < -0.3 is 5.32 Å². The van der Waals surface area contributed by atoms with Crippen LogP contribution in [0.5, 0.6) is 0 Å². The van der Waals surface area contributed by atoms with Crippen LogP contribution in [0.2, 0.25) is 0 Å². The molecule has 0 aromatic rings. The number of likely N-dealkylation sites (tertiary alicyclic amines) is 1. The Balaban J connectivity index is 1.70. The van der Waals surface area contributed by atoms with Crippen molar-refractivity contribution < 1.29 is 0 Å². The van der Waals surface area contributed by atoms with E-state index in [-0.39, 0.29) is 0 Å². The van der Waals surface area contributed by atoms with Crippen LogP contribution < -0.4 is 5.32 Å². The maximum absolute atomic E-state index is 3.56. The molecule has 1 unspecified atom stereocenters. The predicted molar refractivity (Wildman–Crippen MR) is 65.1 cm³/mol. The smallest absolute Gasteiger partial charge is 0.0181 e. The molecule has 2 aliphatic rings. The van der Waals surface area contributed by atoms with E-state index in [1.54, 1.807) is 0 Å². The van der Waals surface area contributed by atoms with E-state index in [0.717, 1.165) is 5.92 Å². The second-order valence-corrected chi connectivity index (χ2v) is 5.66. The lowest BCUT2D eigenvalue weighted by molar-refractivity contribution is 0.0508. The van der Waals surface area contributed by atoms with Crippen LogP contribution in [0, 0.1) is 5.92 Å². The molecule has 0 aromatic carbocycles. The van der Waals surface area contributed by atoms with E-state index in [9.17, 15) is 0 Å². The maximum atomic E-state index is 3.56. The third-order valence-electron chi connectivity index (χ3n) is 4.34. The van der Waals surface area contributed by atoms with Crippen molar-refractivity contribution in [2.45, 2.75) is 51.5 Å². The lowest BCUT2D eigenvalue weighted by Crippen LogP contribution is -2.50. The average molecular weight is 210 g/mol. The van der Waals surface area contributed by atoms with Gasteiger partial charge in [0.25, 0.3) is 0 Å². The molecule has 0 radical (unpaired) electrons. The Kier molecular flexibility index (Phi) is 3.68. The molecular weight excluding hydrogens is 184 g/mol. The van der Waals surface area contributed by atoms with Gasteiger partial charge in [0.2, 0.25) is 0 Å². The molecule has 1 aliphatic carbocycles. The molecule has 1 atom stereocenters. The van der Waals surface area contributed by atoms with Gasteiger partial charge in [-0.2, -0.15) is 0 Å². The predicted octanol–water partition coefficient (Wildman–Crippen LogP) is 2.25. The summed E-state index contributed by atoms with van der Waals surface area (Å²) in [6, 6.07) is 0. The van der Waals surface area contributed by atoms with Gasteiger partial charge in [-0.05, 0) is 64.6 Å². The summed E-state index contributed by atoms with van der Waals surface area (Å²) in [5, 5.41) is 3.56. The first-order valence-electron chi connectivity index (χ1n) is 6.70. The number of nitrogens with one attached hydrogen (secondary N) is 1. The Morgan fingerprint density at radius 2 is 2.20 bits per heavy atom. The largest absolute Gasteiger partial charge is 0.316 e. The van der Waals surface area contributed by atoms with Crippen molar-refractivity contribution in [3.63, 3.8) is 0 Å². The van der Waals surface area contributed by atoms with E-state index in [4.69, 9.17) is 0 Å². The minimum absolute atomic E-state index is 0.583. The Morgan fingerprint density at radius 3 is 2.80 bits per heavy atom. The second kappa shape index (κ2) is 4.84. The fourth-order valence-corrected chi connectivity index (χ4v) is 2.98. The van der Waals surface area contributed by atoms with E-state index in [0.29, 0.717) is 5.54 Å². The number of hydrogen-bond acceptors (Lipinski definition) is 2. The molecule has 0 spiro atoms. The van der Waals surface area contributed by atoms with Gasteiger partial charge in [0, 0.05) is 12.1 Å². The molecule has 1 N–H and O–H groups in total. The van der Waals surface area contributed by atoms with Crippen LogP contribution in [0.4, 0.5) is 0 Å². The van der Waals surface area contributed by atoms with Crippen LogP contribution in [-0.4, -0.2) is 36.6 Å². The number of rotatable bonds is 5. The van der Waals surface area contributed by atoms with Gasteiger partial charge >= 0.3 is 0 Å². The zero-order valence-corrected chi connectivity index (χ0v) is 10.4. The summed E-state index contributed by atoms with van der Waals surface area (Å²) >= 11 is 0. The molecule has 0 amide bonds. The van der Waals surface area contributed by atoms with Crippen LogP contribution >= 0.6 is 0 Å². The summed E-state index contributed by atoms with van der Waals surface area (Å²) in [7, 11) is 0. The number of nitrogens with zero attached hydrogens (tertiary/aromatic N) is 1. The number of hydrogen-bond donors (Lipinski definition) is 1. The van der Waals surface area contributed by atoms with Gasteiger partial charge in [-0.25, -0.2) is 0 Å². The summed E-state index contributed by atoms with van der Waals surface area (Å²) in [6.07, 6.45) is 6.98. The van der Waals surface area contributed by atoms with Gasteiger partial charge in [-0.15, -0.1) is 0 Å². The Hall–Kier alpha value is -0.0800. The molecule has 2 nitrogen and oxygen atoms in total. The SMILES string of the molecule is CCCNCC1CCN(C2(C)CCC2)C1. The Bertz CT molecular complexity index is 199. The summed E-state index contributed by atoms with van der Waals surface area (Å²) < 4.78 is 0. The highest BCUT2D eigenvalue weighted by atomic mass is 15.2. The molecule has 2 fully saturated rings. The van der Waals surface area contributed by atoms with Gasteiger partial charge in [0.15, 0.2) is 0 Å². The first-order chi connectivity index (χ1) is 7.24. The molecular formula is C13H26N2. The zero-order valence-electron chi connectivity index (χ0n) is 10.4. The van der Waals surface area contributed by atoms with Crippen molar-refractivity contribution in [2.24, 2.45) is 5.92 Å². The average Bonchev–Trinajstić information content (AvgIpc) is 2.64. The standard InChI is InChI=1S/C13H26N2/c1-3-8-14-10-12-5-9-15(11-12)13(2)6-4-7-13/h12,14H,3-11H2,1-2H3. The van der Waals surface area contributed by atoms with Crippen LogP contribution in [0.15, 0.2) is 0 Å². The van der Waals surface area contributed by atoms with Crippen molar-refractivity contribution in [1.82, 2.24) is 10.2 Å². The van der Waals surface area contributed by atoms with Crippen LogP contribution in [-0.2, 0) is 0 Å². The van der Waals surface area contributed by atoms with Crippen LogP contribution in [0.1, 0.15) is 46.0 Å². The van der Waals surface area contributed by atoms with Gasteiger partial charge in [0.05, 0.1) is 0 Å². The van der Waals surface area contributed by atoms with Crippen molar-refractivity contribution in [3.8, 4) is 0 Å². The fourth-order valence-electron chi connectivity index (χ4n) is 2.98. The van der Waals surface area contributed by atoms with Crippen molar-refractivity contribution >= 4 is 0 Å². The van der Waals surface area contributed by atoms with E-state index < -0.39 is 0 Å². The molecule has 1 heterocycles. The van der Waals surface area contributed by atoms with Crippen LogP contribution in [0.3, 0.4) is 0 Å². The third kappa shape index (κ3) is 2.54. The molecule has 2 rings (SSSR count). The quantitative estimate of drug-likeness (QED) is 0.700. The fraction of sp³-hybridized carbons (Fsp3) is 1.00. The monoisotopic (exact) mass is 210 g/mol. The molecule has 2 heteroatoms. The lowest BCUT2D eigenvalue weighted by Gasteiger charge is -2.46. The minimum atomic E-state index is 0.583. The van der Waals surface area contributed by atoms with E-state index in [1.807, 2.05) is 0 Å². The van der Waals surface area contributed by atoms with E-state index >= 15 is 0 Å². The molecule has 15 heavy (non-hydrogen) atoms. The van der Waals surface area contributed by atoms with Crippen molar-refractivity contribution in [3.05, 3.63) is 0 Å². The third-order valence-corrected chi connectivity index (χ3v) is 4.34. The highest BCUT2D eigenvalue weighted by molar-refractivity contribution is 4.97. The van der Waals surface area contributed by atoms with Crippen molar-refractivity contribution in [1.29, 1.82) is 0 Å². The topological polar surface area (TPSA) is 15.3 Å². The summed E-state index contributed by atoms with van der Waals surface area (Å²) in [5.74, 6) is 0.911. The normalized spacial score (nSPS) is 30.4. The molecule has 1 saturated heterocycles. The van der Waals surface area contributed by atoms with Crippen LogP contribution in [0.25, 0.3) is 0 Å². The van der Waals surface area contributed by atoms with Gasteiger partial charge in [0.1, 0.15) is 0 Å². The van der Waals surface area contributed by atoms with E-state index in [1.165, 1.54) is 58.3 Å². The molecule has 1 saturated carbocycles. The first-order valence-corrected chi connectivity index (χ1v) is 6.70. The van der Waals surface area contributed by atoms with E-state index in [2.05, 4.69) is 24.1 Å². The molecule has 1 aliphatic heterocycles. The summed E-state index contributed by atoms with van der Waals surface area (Å²) in [6.45, 7) is 9.80. The molecule has 0 aromatic heterocycles. The highest BCUT2D eigenvalue weighted by Crippen LogP contribution is 2.39. The Morgan fingerprint density at radius 1 is 1.40 bits per heavy atom. The Labute approximate surface area is 94.4 Å². The minimum Gasteiger partial charge on any atom is -0.316 e. The zero-order chi connectivity index (χ0) is 10.7. The maximum Gasteiger partial charge on any atom is 0.0181 e.